The standard InChI is InChI=1S/C13H16FN3O3.ClH/c1-13(7-15)4-5-16(8-13)12(18)10-3-2-9(14)6-11(10)17(19)20;/h2-3,6H,4-5,7-8,15H2,1H3;1H. The molecule has 1 heterocycles. The van der Waals surface area contributed by atoms with Crippen molar-refractivity contribution >= 4 is 24.0 Å². The van der Waals surface area contributed by atoms with E-state index in [2.05, 4.69) is 0 Å². The lowest BCUT2D eigenvalue weighted by Crippen LogP contribution is -2.34. The molecule has 116 valence electrons. The van der Waals surface area contributed by atoms with Gasteiger partial charge in [0.05, 0.1) is 11.0 Å². The van der Waals surface area contributed by atoms with E-state index in [9.17, 15) is 19.3 Å². The molecule has 1 saturated heterocycles. The maximum absolute atomic E-state index is 13.1. The van der Waals surface area contributed by atoms with Gasteiger partial charge in [0, 0.05) is 13.1 Å². The van der Waals surface area contributed by atoms with E-state index in [1.807, 2.05) is 6.92 Å². The molecule has 1 unspecified atom stereocenters. The number of likely N-dealkylation sites (tertiary alicyclic amines) is 1. The van der Waals surface area contributed by atoms with E-state index >= 15 is 0 Å². The molecule has 2 rings (SSSR count). The number of nitrogens with zero attached hydrogens (tertiary/aromatic N) is 2. The van der Waals surface area contributed by atoms with Crippen molar-refractivity contribution in [3.63, 3.8) is 0 Å². The van der Waals surface area contributed by atoms with Crippen LogP contribution >= 0.6 is 12.4 Å². The molecule has 0 bridgehead atoms. The highest BCUT2D eigenvalue weighted by Gasteiger charge is 2.36. The van der Waals surface area contributed by atoms with E-state index in [-0.39, 0.29) is 23.4 Å². The zero-order chi connectivity index (χ0) is 14.9. The van der Waals surface area contributed by atoms with Crippen molar-refractivity contribution in [3.05, 3.63) is 39.7 Å². The maximum Gasteiger partial charge on any atom is 0.285 e. The summed E-state index contributed by atoms with van der Waals surface area (Å²) in [6.07, 6.45) is 0.754. The topological polar surface area (TPSA) is 89.5 Å². The fraction of sp³-hybridized carbons (Fsp3) is 0.462. The van der Waals surface area contributed by atoms with Crippen LogP contribution in [0.5, 0.6) is 0 Å². The summed E-state index contributed by atoms with van der Waals surface area (Å²) in [5, 5.41) is 10.9. The summed E-state index contributed by atoms with van der Waals surface area (Å²) in [4.78, 5) is 24.1. The Morgan fingerprint density at radius 3 is 2.76 bits per heavy atom. The summed E-state index contributed by atoms with van der Waals surface area (Å²) in [5.41, 5.74) is 4.92. The third-order valence-corrected chi connectivity index (χ3v) is 3.72. The van der Waals surface area contributed by atoms with E-state index in [0.29, 0.717) is 19.6 Å². The molecule has 0 spiro atoms. The van der Waals surface area contributed by atoms with Crippen molar-refractivity contribution in [1.82, 2.24) is 4.90 Å². The van der Waals surface area contributed by atoms with Gasteiger partial charge in [-0.25, -0.2) is 4.39 Å². The first-order valence-electron chi connectivity index (χ1n) is 6.29. The predicted octanol–water partition coefficient (Wildman–Crippen LogP) is 1.97. The average Bonchev–Trinajstić information content (AvgIpc) is 2.81. The zero-order valence-electron chi connectivity index (χ0n) is 11.5. The summed E-state index contributed by atoms with van der Waals surface area (Å²) in [5.74, 6) is -1.18. The third-order valence-electron chi connectivity index (χ3n) is 3.72. The van der Waals surface area contributed by atoms with Crippen LogP contribution in [0.15, 0.2) is 18.2 Å². The molecule has 0 saturated carbocycles. The Morgan fingerprint density at radius 2 is 2.24 bits per heavy atom. The highest BCUT2D eigenvalue weighted by Crippen LogP contribution is 2.31. The van der Waals surface area contributed by atoms with Crippen LogP contribution in [0.2, 0.25) is 0 Å². The summed E-state index contributed by atoms with van der Waals surface area (Å²) in [6.45, 7) is 3.37. The molecular formula is C13H17ClFN3O3. The van der Waals surface area contributed by atoms with Crippen LogP contribution in [0.1, 0.15) is 23.7 Å². The minimum atomic E-state index is -0.742. The van der Waals surface area contributed by atoms with Crippen LogP contribution in [0.4, 0.5) is 10.1 Å². The van der Waals surface area contributed by atoms with Crippen molar-refractivity contribution in [1.29, 1.82) is 0 Å². The van der Waals surface area contributed by atoms with Crippen LogP contribution in [0.3, 0.4) is 0 Å². The Morgan fingerprint density at radius 1 is 1.57 bits per heavy atom. The van der Waals surface area contributed by atoms with Crippen molar-refractivity contribution in [2.45, 2.75) is 13.3 Å². The van der Waals surface area contributed by atoms with Gasteiger partial charge in [0.1, 0.15) is 11.4 Å². The van der Waals surface area contributed by atoms with Gasteiger partial charge in [-0.05, 0) is 30.5 Å². The molecule has 1 amide bonds. The number of carbonyl (C=O) groups is 1. The highest BCUT2D eigenvalue weighted by molar-refractivity contribution is 5.98. The number of hydrogen-bond donors (Lipinski definition) is 1. The van der Waals surface area contributed by atoms with Crippen LogP contribution in [0, 0.1) is 21.3 Å². The summed E-state index contributed by atoms with van der Waals surface area (Å²) < 4.78 is 13.1. The second-order valence-electron chi connectivity index (χ2n) is 5.41. The monoisotopic (exact) mass is 317 g/mol. The molecule has 1 atom stereocenters. The zero-order valence-corrected chi connectivity index (χ0v) is 12.4. The van der Waals surface area contributed by atoms with Gasteiger partial charge in [-0.3, -0.25) is 14.9 Å². The van der Waals surface area contributed by atoms with E-state index in [1.165, 1.54) is 4.90 Å². The minimum Gasteiger partial charge on any atom is -0.338 e. The number of amides is 1. The lowest BCUT2D eigenvalue weighted by atomic mass is 9.90. The normalized spacial score (nSPS) is 21.0. The number of rotatable bonds is 3. The second kappa shape index (κ2) is 6.36. The molecule has 2 N–H and O–H groups in total. The van der Waals surface area contributed by atoms with E-state index in [0.717, 1.165) is 24.6 Å². The molecule has 0 aliphatic carbocycles. The number of carbonyl (C=O) groups excluding carboxylic acids is 1. The van der Waals surface area contributed by atoms with Crippen molar-refractivity contribution in [3.8, 4) is 0 Å². The fourth-order valence-electron chi connectivity index (χ4n) is 2.37. The summed E-state index contributed by atoms with van der Waals surface area (Å²) in [7, 11) is 0. The van der Waals surface area contributed by atoms with Crippen LogP contribution in [-0.2, 0) is 0 Å². The van der Waals surface area contributed by atoms with Crippen molar-refractivity contribution < 1.29 is 14.1 Å². The first-order chi connectivity index (χ1) is 9.36. The molecule has 1 aliphatic rings. The summed E-state index contributed by atoms with van der Waals surface area (Å²) >= 11 is 0. The molecule has 0 aromatic heterocycles. The van der Waals surface area contributed by atoms with Gasteiger partial charge < -0.3 is 10.6 Å². The Balaban J connectivity index is 0.00000220. The molecule has 0 radical (unpaired) electrons. The van der Waals surface area contributed by atoms with E-state index in [4.69, 9.17) is 5.73 Å². The highest BCUT2D eigenvalue weighted by atomic mass is 35.5. The second-order valence-corrected chi connectivity index (χ2v) is 5.41. The van der Waals surface area contributed by atoms with Gasteiger partial charge in [0.25, 0.3) is 11.6 Å². The molecule has 1 aliphatic heterocycles. The first-order valence-corrected chi connectivity index (χ1v) is 6.29. The lowest BCUT2D eigenvalue weighted by Gasteiger charge is -2.22. The molecule has 1 fully saturated rings. The van der Waals surface area contributed by atoms with Gasteiger partial charge in [-0.15, -0.1) is 12.4 Å². The number of nitrogens with two attached hydrogens (primary N) is 1. The van der Waals surface area contributed by atoms with Crippen molar-refractivity contribution in [2.75, 3.05) is 19.6 Å². The number of hydrogen-bond acceptors (Lipinski definition) is 4. The Bertz CT molecular complexity index is 570. The molecule has 8 heteroatoms. The van der Waals surface area contributed by atoms with Gasteiger partial charge in [-0.1, -0.05) is 6.92 Å². The fourth-order valence-corrected chi connectivity index (χ4v) is 2.37. The van der Waals surface area contributed by atoms with Gasteiger partial charge in [-0.2, -0.15) is 0 Å². The van der Waals surface area contributed by atoms with Gasteiger partial charge in [0.2, 0.25) is 0 Å². The SMILES string of the molecule is CC1(CN)CCN(C(=O)c2ccc(F)cc2[N+](=O)[O-])C1.Cl. The van der Waals surface area contributed by atoms with Gasteiger partial charge >= 0.3 is 0 Å². The van der Waals surface area contributed by atoms with Crippen molar-refractivity contribution in [2.24, 2.45) is 11.1 Å². The third kappa shape index (κ3) is 3.48. The maximum atomic E-state index is 13.1. The predicted molar refractivity (Wildman–Crippen MR) is 78.0 cm³/mol. The molecule has 21 heavy (non-hydrogen) atoms. The first kappa shape index (κ1) is 17.3. The van der Waals surface area contributed by atoms with Gasteiger partial charge in [0.15, 0.2) is 0 Å². The lowest BCUT2D eigenvalue weighted by molar-refractivity contribution is -0.385. The minimum absolute atomic E-state index is 0. The van der Waals surface area contributed by atoms with E-state index < -0.39 is 22.3 Å². The Hall–Kier alpha value is -1.73. The molecular weight excluding hydrogens is 301 g/mol. The number of nitro benzene ring substituents is 1. The molecule has 6 nitrogen and oxygen atoms in total. The smallest absolute Gasteiger partial charge is 0.285 e. The molecule has 1 aromatic rings. The largest absolute Gasteiger partial charge is 0.338 e. The van der Waals surface area contributed by atoms with Crippen LogP contribution in [0.25, 0.3) is 0 Å². The Labute approximate surface area is 127 Å². The number of benzene rings is 1. The summed E-state index contributed by atoms with van der Waals surface area (Å²) in [6, 6.07) is 2.98. The quantitative estimate of drug-likeness (QED) is 0.681. The number of halogens is 2. The number of nitro groups is 1. The van der Waals surface area contributed by atoms with E-state index in [1.54, 1.807) is 0 Å². The van der Waals surface area contributed by atoms with Crippen LogP contribution in [-0.4, -0.2) is 35.4 Å². The average molecular weight is 318 g/mol. The van der Waals surface area contributed by atoms with Crippen LogP contribution < -0.4 is 5.73 Å². The molecule has 1 aromatic carbocycles. The Kier molecular flexibility index (Phi) is 5.25.